The fraction of sp³-hybridized carbons (Fsp3) is 0.450. The molecule has 0 atom stereocenters. The van der Waals surface area contributed by atoms with Crippen molar-refractivity contribution in [2.75, 3.05) is 45.8 Å². The predicted molar refractivity (Wildman–Crippen MR) is 115 cm³/mol. The van der Waals surface area contributed by atoms with Crippen LogP contribution in [0.4, 0.5) is 0 Å². The van der Waals surface area contributed by atoms with Crippen LogP contribution in [-0.2, 0) is 0 Å². The fourth-order valence-corrected chi connectivity index (χ4v) is 3.67. The van der Waals surface area contributed by atoms with Crippen LogP contribution in [0, 0.1) is 0 Å². The van der Waals surface area contributed by atoms with Gasteiger partial charge in [-0.25, -0.2) is 0 Å². The second-order valence-corrected chi connectivity index (χ2v) is 7.36. The van der Waals surface area contributed by atoms with E-state index in [9.17, 15) is 4.79 Å². The van der Waals surface area contributed by atoms with Gasteiger partial charge in [-0.2, -0.15) is 0 Å². The maximum Gasteiger partial charge on any atom is 0.253 e. The second kappa shape index (κ2) is 10.4. The largest absolute Gasteiger partial charge is 0.387 e. The Labute approximate surface area is 175 Å². The van der Waals surface area contributed by atoms with Crippen LogP contribution < -0.4 is 5.32 Å². The molecule has 1 aromatic carbocycles. The van der Waals surface area contributed by atoms with Crippen molar-refractivity contribution in [3.8, 4) is 0 Å². The van der Waals surface area contributed by atoms with Gasteiger partial charge in [0.2, 0.25) is 0 Å². The fourth-order valence-electron chi connectivity index (χ4n) is 3.67. The number of allylic oxidation sites excluding steroid dienone is 2. The van der Waals surface area contributed by atoms with Crippen LogP contribution in [0.15, 0.2) is 52.3 Å². The number of nitrogens with one attached hydrogen (secondary N) is 1. The lowest BCUT2D eigenvalue weighted by molar-refractivity contribution is 0.0582. The Hall–Kier alpha value is -3.45. The van der Waals surface area contributed by atoms with E-state index >= 15 is 0 Å². The summed E-state index contributed by atoms with van der Waals surface area (Å²) in [6.45, 7) is 5.84. The van der Waals surface area contributed by atoms with E-state index in [0.717, 1.165) is 17.7 Å². The quantitative estimate of drug-likeness (QED) is 0.422. The first-order valence-corrected chi connectivity index (χ1v) is 9.88. The van der Waals surface area contributed by atoms with Gasteiger partial charge in [-0.05, 0) is 41.3 Å². The van der Waals surface area contributed by atoms with E-state index in [4.69, 9.17) is 11.1 Å². The van der Waals surface area contributed by atoms with Crippen molar-refractivity contribution < 1.29 is 4.79 Å². The average Bonchev–Trinajstić information content (AvgIpc) is 2.79. The molecular weight excluding hydrogens is 382 g/mol. The Morgan fingerprint density at radius 2 is 1.73 bits per heavy atom. The van der Waals surface area contributed by atoms with Gasteiger partial charge in [0.1, 0.15) is 0 Å². The summed E-state index contributed by atoms with van der Waals surface area (Å²) >= 11 is 0. The van der Waals surface area contributed by atoms with Gasteiger partial charge >= 0.3 is 0 Å². The molecule has 0 unspecified atom stereocenters. The Morgan fingerprint density at radius 3 is 2.30 bits per heavy atom. The molecular formula is C20H25N9O. The average molecular weight is 407 g/mol. The standard InChI is InChI=1S/C20H25N9O/c1-15-10-18(12-23-11-15)16-2-4-17(5-3-16)20(30)29-8-6-28(7-9-29)19(13-24-26-21)14-25-27-22/h2-5,10,12,19,23H,6-9,11,13-14H2,1H3. The van der Waals surface area contributed by atoms with Crippen LogP contribution in [0.25, 0.3) is 26.5 Å². The molecule has 0 spiro atoms. The minimum atomic E-state index is -0.151. The number of benzene rings is 1. The van der Waals surface area contributed by atoms with Crippen LogP contribution in [-0.4, -0.2) is 67.6 Å². The van der Waals surface area contributed by atoms with E-state index in [1.165, 1.54) is 5.57 Å². The Kier molecular flexibility index (Phi) is 7.34. The van der Waals surface area contributed by atoms with Crippen LogP contribution in [0.3, 0.4) is 0 Å². The highest BCUT2D eigenvalue weighted by atomic mass is 16.2. The highest BCUT2D eigenvalue weighted by molar-refractivity contribution is 5.94. The molecule has 0 bridgehead atoms. The summed E-state index contributed by atoms with van der Waals surface area (Å²) in [7, 11) is 0. The van der Waals surface area contributed by atoms with Gasteiger partial charge in [-0.1, -0.05) is 34.0 Å². The number of carbonyl (C=O) groups is 1. The number of amides is 1. The zero-order chi connectivity index (χ0) is 21.3. The molecule has 0 saturated carbocycles. The molecule has 1 amide bonds. The van der Waals surface area contributed by atoms with Crippen LogP contribution in [0.2, 0.25) is 0 Å². The van der Waals surface area contributed by atoms with E-state index in [1.54, 1.807) is 0 Å². The molecule has 1 aromatic rings. The molecule has 0 aliphatic carbocycles. The summed E-state index contributed by atoms with van der Waals surface area (Å²) in [5.74, 6) is 0.00492. The number of carbonyl (C=O) groups excluding carboxylic acids is 1. The van der Waals surface area contributed by atoms with E-state index in [1.807, 2.05) is 35.4 Å². The Morgan fingerprint density at radius 1 is 1.10 bits per heavy atom. The normalized spacial score (nSPS) is 17.6. The summed E-state index contributed by atoms with van der Waals surface area (Å²) < 4.78 is 0. The van der Waals surface area contributed by atoms with Gasteiger partial charge in [-0.15, -0.1) is 0 Å². The molecule has 1 N–H and O–H groups in total. The Bertz CT molecular complexity index is 896. The summed E-state index contributed by atoms with van der Waals surface area (Å²) in [6, 6.07) is 7.54. The van der Waals surface area contributed by atoms with E-state index < -0.39 is 0 Å². The van der Waals surface area contributed by atoms with Crippen LogP contribution in [0.1, 0.15) is 22.8 Å². The molecule has 10 nitrogen and oxygen atoms in total. The molecule has 0 aromatic heterocycles. The van der Waals surface area contributed by atoms with Gasteiger partial charge in [0, 0.05) is 73.4 Å². The summed E-state index contributed by atoms with van der Waals surface area (Å²) in [6.07, 6.45) is 4.14. The molecule has 3 rings (SSSR count). The monoisotopic (exact) mass is 407 g/mol. The van der Waals surface area contributed by atoms with Gasteiger partial charge in [0.15, 0.2) is 0 Å². The lowest BCUT2D eigenvalue weighted by Crippen LogP contribution is -2.53. The molecule has 0 radical (unpaired) electrons. The number of hydrogen-bond donors (Lipinski definition) is 1. The van der Waals surface area contributed by atoms with Crippen molar-refractivity contribution in [2.45, 2.75) is 13.0 Å². The number of azide groups is 2. The molecule has 1 saturated heterocycles. The zero-order valence-corrected chi connectivity index (χ0v) is 17.0. The topological polar surface area (TPSA) is 133 Å². The van der Waals surface area contributed by atoms with Crippen molar-refractivity contribution in [1.29, 1.82) is 0 Å². The maximum absolute atomic E-state index is 12.9. The highest BCUT2D eigenvalue weighted by Gasteiger charge is 2.26. The summed E-state index contributed by atoms with van der Waals surface area (Å²) in [5, 5.41) is 10.5. The minimum absolute atomic E-state index is 0.00492. The van der Waals surface area contributed by atoms with Crippen LogP contribution in [0.5, 0.6) is 0 Å². The summed E-state index contributed by atoms with van der Waals surface area (Å²) in [4.78, 5) is 22.4. The third-order valence-electron chi connectivity index (χ3n) is 5.33. The molecule has 2 aliphatic heterocycles. The van der Waals surface area contributed by atoms with Crippen molar-refractivity contribution >= 4 is 11.5 Å². The zero-order valence-electron chi connectivity index (χ0n) is 17.0. The van der Waals surface area contributed by atoms with E-state index in [-0.39, 0.29) is 25.0 Å². The third-order valence-corrected chi connectivity index (χ3v) is 5.33. The second-order valence-electron chi connectivity index (χ2n) is 7.36. The lowest BCUT2D eigenvalue weighted by atomic mass is 10.0. The first-order valence-electron chi connectivity index (χ1n) is 9.88. The molecule has 2 aliphatic rings. The third kappa shape index (κ3) is 5.33. The van der Waals surface area contributed by atoms with Crippen molar-refractivity contribution in [3.05, 3.63) is 74.1 Å². The van der Waals surface area contributed by atoms with Crippen LogP contribution >= 0.6 is 0 Å². The Balaban J connectivity index is 1.60. The number of piperazine rings is 1. The first-order chi connectivity index (χ1) is 14.6. The number of hydrogen-bond acceptors (Lipinski definition) is 5. The number of dihydropyridines is 1. The molecule has 156 valence electrons. The van der Waals surface area contributed by atoms with Gasteiger partial charge < -0.3 is 10.2 Å². The number of nitrogens with zero attached hydrogens (tertiary/aromatic N) is 8. The minimum Gasteiger partial charge on any atom is -0.387 e. The number of rotatable bonds is 7. The molecule has 30 heavy (non-hydrogen) atoms. The molecule has 2 heterocycles. The van der Waals surface area contributed by atoms with Crippen molar-refractivity contribution in [2.24, 2.45) is 10.2 Å². The first kappa shape index (κ1) is 21.3. The predicted octanol–water partition coefficient (Wildman–Crippen LogP) is 3.32. The van der Waals surface area contributed by atoms with Gasteiger partial charge in [0.05, 0.1) is 0 Å². The van der Waals surface area contributed by atoms with E-state index in [2.05, 4.69) is 43.3 Å². The maximum atomic E-state index is 12.9. The SMILES string of the molecule is CC1=CC(c2ccc(C(=O)N3CCN(C(CN=[N+]=[N-])CN=[N+]=[N-])CC3)cc2)=CNC1. The van der Waals surface area contributed by atoms with Crippen molar-refractivity contribution in [3.63, 3.8) is 0 Å². The lowest BCUT2D eigenvalue weighted by Gasteiger charge is -2.38. The highest BCUT2D eigenvalue weighted by Crippen LogP contribution is 2.21. The molecule has 1 fully saturated rings. The van der Waals surface area contributed by atoms with Gasteiger partial charge in [0.25, 0.3) is 5.91 Å². The van der Waals surface area contributed by atoms with Gasteiger partial charge in [-0.3, -0.25) is 9.69 Å². The molecule has 10 heteroatoms. The van der Waals surface area contributed by atoms with E-state index in [0.29, 0.717) is 31.7 Å². The van der Waals surface area contributed by atoms with Crippen molar-refractivity contribution in [1.82, 2.24) is 15.1 Å². The smallest absolute Gasteiger partial charge is 0.253 e. The summed E-state index contributed by atoms with van der Waals surface area (Å²) in [5.41, 5.74) is 21.2.